The fraction of sp³-hybridized carbons (Fsp3) is 0.0909. The number of carbonyl (C=O) groups excluding carboxylic acids is 1. The van der Waals surface area contributed by atoms with E-state index in [1.54, 1.807) is 12.1 Å². The van der Waals surface area contributed by atoms with Gasteiger partial charge >= 0.3 is 0 Å². The SMILES string of the molecule is Cc1ccc2cc(Cl)cc(C(N)=O)c2n1. The Morgan fingerprint density at radius 3 is 2.80 bits per heavy atom. The van der Waals surface area contributed by atoms with E-state index in [1.807, 2.05) is 19.1 Å². The average Bonchev–Trinajstić information content (AvgIpc) is 2.17. The number of fused-ring (bicyclic) bond motifs is 1. The van der Waals surface area contributed by atoms with Crippen molar-refractivity contribution in [3.8, 4) is 0 Å². The van der Waals surface area contributed by atoms with Crippen molar-refractivity contribution in [3.63, 3.8) is 0 Å². The molecule has 2 aromatic rings. The summed E-state index contributed by atoms with van der Waals surface area (Å²) >= 11 is 5.87. The molecule has 0 spiro atoms. The molecule has 15 heavy (non-hydrogen) atoms. The second-order valence-electron chi connectivity index (χ2n) is 3.34. The predicted molar refractivity (Wildman–Crippen MR) is 60.0 cm³/mol. The number of hydrogen-bond donors (Lipinski definition) is 1. The maximum Gasteiger partial charge on any atom is 0.250 e. The van der Waals surface area contributed by atoms with Gasteiger partial charge in [-0.05, 0) is 25.1 Å². The van der Waals surface area contributed by atoms with E-state index in [2.05, 4.69) is 4.98 Å². The van der Waals surface area contributed by atoms with Gasteiger partial charge in [0, 0.05) is 16.1 Å². The predicted octanol–water partition coefficient (Wildman–Crippen LogP) is 2.30. The molecule has 0 saturated carbocycles. The van der Waals surface area contributed by atoms with Crippen LogP contribution in [0.4, 0.5) is 0 Å². The van der Waals surface area contributed by atoms with Crippen LogP contribution >= 0.6 is 11.6 Å². The minimum absolute atomic E-state index is 0.362. The monoisotopic (exact) mass is 220 g/mol. The fourth-order valence-corrected chi connectivity index (χ4v) is 1.71. The molecule has 1 aromatic heterocycles. The molecule has 76 valence electrons. The number of hydrogen-bond acceptors (Lipinski definition) is 2. The number of benzene rings is 1. The van der Waals surface area contributed by atoms with E-state index in [0.29, 0.717) is 16.1 Å². The molecule has 1 heterocycles. The Morgan fingerprint density at radius 2 is 2.13 bits per heavy atom. The Kier molecular flexibility index (Phi) is 2.32. The van der Waals surface area contributed by atoms with Gasteiger partial charge in [0.1, 0.15) is 0 Å². The third-order valence-electron chi connectivity index (χ3n) is 2.16. The molecule has 0 aliphatic rings. The first-order valence-electron chi connectivity index (χ1n) is 4.44. The van der Waals surface area contributed by atoms with Gasteiger partial charge in [-0.2, -0.15) is 0 Å². The molecule has 0 saturated heterocycles. The molecule has 0 aliphatic heterocycles. The van der Waals surface area contributed by atoms with E-state index < -0.39 is 5.91 Å². The molecule has 0 unspecified atom stereocenters. The van der Waals surface area contributed by atoms with Crippen molar-refractivity contribution in [2.45, 2.75) is 6.92 Å². The third-order valence-corrected chi connectivity index (χ3v) is 2.38. The van der Waals surface area contributed by atoms with Crippen LogP contribution in [-0.4, -0.2) is 10.9 Å². The molecule has 3 nitrogen and oxygen atoms in total. The highest BCUT2D eigenvalue weighted by Crippen LogP contribution is 2.22. The van der Waals surface area contributed by atoms with E-state index >= 15 is 0 Å². The molecule has 0 fully saturated rings. The number of halogens is 1. The summed E-state index contributed by atoms with van der Waals surface area (Å²) in [6, 6.07) is 7.04. The molecular weight excluding hydrogens is 212 g/mol. The normalized spacial score (nSPS) is 10.5. The number of carbonyl (C=O) groups is 1. The zero-order chi connectivity index (χ0) is 11.0. The van der Waals surface area contributed by atoms with Crippen LogP contribution in [0.1, 0.15) is 16.1 Å². The lowest BCUT2D eigenvalue weighted by Crippen LogP contribution is -2.12. The fourth-order valence-electron chi connectivity index (χ4n) is 1.48. The summed E-state index contributed by atoms with van der Waals surface area (Å²) in [5.41, 5.74) is 7.07. The number of primary amides is 1. The molecule has 0 atom stereocenters. The molecule has 0 bridgehead atoms. The number of aromatic nitrogens is 1. The van der Waals surface area contributed by atoms with Gasteiger partial charge in [-0.15, -0.1) is 0 Å². The number of pyridine rings is 1. The number of amides is 1. The van der Waals surface area contributed by atoms with Crippen molar-refractivity contribution in [1.82, 2.24) is 4.98 Å². The first-order valence-corrected chi connectivity index (χ1v) is 4.82. The highest BCUT2D eigenvalue weighted by atomic mass is 35.5. The standard InChI is InChI=1S/C11H9ClN2O/c1-6-2-3-7-4-8(12)5-9(11(13)15)10(7)14-6/h2-5H,1H3,(H2,13,15). The van der Waals surface area contributed by atoms with Crippen LogP contribution in [0.25, 0.3) is 10.9 Å². The Balaban J connectivity index is 2.87. The summed E-state index contributed by atoms with van der Waals surface area (Å²) < 4.78 is 0. The maximum absolute atomic E-state index is 11.2. The molecule has 0 radical (unpaired) electrons. The van der Waals surface area contributed by atoms with Gasteiger partial charge in [-0.3, -0.25) is 9.78 Å². The molecule has 1 aromatic carbocycles. The largest absolute Gasteiger partial charge is 0.366 e. The maximum atomic E-state index is 11.2. The van der Waals surface area contributed by atoms with E-state index in [9.17, 15) is 4.79 Å². The second-order valence-corrected chi connectivity index (χ2v) is 3.78. The van der Waals surface area contributed by atoms with Gasteiger partial charge in [0.2, 0.25) is 0 Å². The Labute approximate surface area is 91.9 Å². The van der Waals surface area contributed by atoms with Gasteiger partial charge in [-0.25, -0.2) is 0 Å². The highest BCUT2D eigenvalue weighted by molar-refractivity contribution is 6.32. The van der Waals surface area contributed by atoms with Crippen LogP contribution in [0.5, 0.6) is 0 Å². The number of rotatable bonds is 1. The molecule has 1 amide bonds. The molecule has 2 N–H and O–H groups in total. The van der Waals surface area contributed by atoms with E-state index in [0.717, 1.165) is 11.1 Å². The number of nitrogens with zero attached hydrogens (tertiary/aromatic N) is 1. The zero-order valence-corrected chi connectivity index (χ0v) is 8.88. The van der Waals surface area contributed by atoms with E-state index in [-0.39, 0.29) is 0 Å². The van der Waals surface area contributed by atoms with Crippen molar-refractivity contribution in [2.24, 2.45) is 5.73 Å². The zero-order valence-electron chi connectivity index (χ0n) is 8.12. The Morgan fingerprint density at radius 1 is 1.40 bits per heavy atom. The highest BCUT2D eigenvalue weighted by Gasteiger charge is 2.09. The van der Waals surface area contributed by atoms with Crippen molar-refractivity contribution in [2.75, 3.05) is 0 Å². The van der Waals surface area contributed by atoms with E-state index in [1.165, 1.54) is 0 Å². The number of nitrogens with two attached hydrogens (primary N) is 1. The average molecular weight is 221 g/mol. The third kappa shape index (κ3) is 1.78. The second kappa shape index (κ2) is 3.51. The van der Waals surface area contributed by atoms with Crippen LogP contribution in [-0.2, 0) is 0 Å². The van der Waals surface area contributed by atoms with Crippen molar-refractivity contribution in [1.29, 1.82) is 0 Å². The van der Waals surface area contributed by atoms with E-state index in [4.69, 9.17) is 17.3 Å². The van der Waals surface area contributed by atoms with Crippen LogP contribution in [0, 0.1) is 6.92 Å². The van der Waals surface area contributed by atoms with Crippen LogP contribution in [0.15, 0.2) is 24.3 Å². The van der Waals surface area contributed by atoms with Gasteiger partial charge in [-0.1, -0.05) is 17.7 Å². The lowest BCUT2D eigenvalue weighted by Gasteiger charge is -2.04. The van der Waals surface area contributed by atoms with Gasteiger partial charge < -0.3 is 5.73 Å². The number of aryl methyl sites for hydroxylation is 1. The summed E-state index contributed by atoms with van der Waals surface area (Å²) in [5, 5.41) is 1.31. The van der Waals surface area contributed by atoms with Gasteiger partial charge in [0.15, 0.2) is 0 Å². The molecular formula is C11H9ClN2O. The molecule has 2 rings (SSSR count). The Bertz CT molecular complexity index is 552. The van der Waals surface area contributed by atoms with Crippen molar-refractivity contribution < 1.29 is 4.79 Å². The van der Waals surface area contributed by atoms with Crippen LogP contribution < -0.4 is 5.73 Å². The Hall–Kier alpha value is -1.61. The summed E-state index contributed by atoms with van der Waals surface area (Å²) in [7, 11) is 0. The van der Waals surface area contributed by atoms with Gasteiger partial charge in [0.25, 0.3) is 5.91 Å². The minimum atomic E-state index is -0.513. The minimum Gasteiger partial charge on any atom is -0.366 e. The lowest BCUT2D eigenvalue weighted by molar-refractivity contribution is 0.100. The molecule has 0 aliphatic carbocycles. The van der Waals surface area contributed by atoms with Crippen molar-refractivity contribution >= 4 is 28.4 Å². The first kappa shape index (κ1) is 9.93. The van der Waals surface area contributed by atoms with Gasteiger partial charge in [0.05, 0.1) is 11.1 Å². The van der Waals surface area contributed by atoms with Crippen molar-refractivity contribution in [3.05, 3.63) is 40.5 Å². The van der Waals surface area contributed by atoms with Crippen LogP contribution in [0.2, 0.25) is 5.02 Å². The summed E-state index contributed by atoms with van der Waals surface area (Å²) in [6.45, 7) is 1.86. The first-order chi connectivity index (χ1) is 7.08. The summed E-state index contributed by atoms with van der Waals surface area (Å²) in [5.74, 6) is -0.513. The van der Waals surface area contributed by atoms with Crippen LogP contribution in [0.3, 0.4) is 0 Å². The summed E-state index contributed by atoms with van der Waals surface area (Å²) in [4.78, 5) is 15.5. The lowest BCUT2D eigenvalue weighted by atomic mass is 10.1. The molecule has 4 heteroatoms. The summed E-state index contributed by atoms with van der Waals surface area (Å²) in [6.07, 6.45) is 0. The topological polar surface area (TPSA) is 56.0 Å². The quantitative estimate of drug-likeness (QED) is 0.802. The smallest absolute Gasteiger partial charge is 0.250 e.